The van der Waals surface area contributed by atoms with Crippen molar-refractivity contribution in [3.05, 3.63) is 47.7 Å². The van der Waals surface area contributed by atoms with Gasteiger partial charge in [0.15, 0.2) is 11.6 Å². The molecule has 0 unspecified atom stereocenters. The summed E-state index contributed by atoms with van der Waals surface area (Å²) >= 11 is 0. The predicted octanol–water partition coefficient (Wildman–Crippen LogP) is 1.88. The van der Waals surface area contributed by atoms with Crippen molar-refractivity contribution in [1.82, 2.24) is 10.2 Å². The number of carbonyl (C=O) groups is 1. The van der Waals surface area contributed by atoms with Gasteiger partial charge in [0.2, 0.25) is 0 Å². The van der Waals surface area contributed by atoms with E-state index in [1.54, 1.807) is 18.3 Å². The van der Waals surface area contributed by atoms with Gasteiger partial charge in [0.1, 0.15) is 6.07 Å². The van der Waals surface area contributed by atoms with Crippen LogP contribution in [0.1, 0.15) is 22.8 Å². The number of piperazine rings is 1. The van der Waals surface area contributed by atoms with E-state index in [0.29, 0.717) is 11.1 Å². The van der Waals surface area contributed by atoms with Gasteiger partial charge in [-0.25, -0.2) is 0 Å². The van der Waals surface area contributed by atoms with Gasteiger partial charge in [-0.15, -0.1) is 5.10 Å². The number of Topliss-reactive ketones (excluding diaryl/α,β-unsaturated/α-hetero) is 1. The van der Waals surface area contributed by atoms with Gasteiger partial charge < -0.3 is 9.80 Å². The van der Waals surface area contributed by atoms with Gasteiger partial charge in [-0.05, 0) is 37.3 Å². The molecule has 23 heavy (non-hydrogen) atoms. The predicted molar refractivity (Wildman–Crippen MR) is 87.6 cm³/mol. The summed E-state index contributed by atoms with van der Waals surface area (Å²) in [5.74, 6) is 0.874. The summed E-state index contributed by atoms with van der Waals surface area (Å²) in [6.45, 7) is 4.68. The Morgan fingerprint density at radius 1 is 1.17 bits per heavy atom. The lowest BCUT2D eigenvalue weighted by molar-refractivity contribution is 0.101. The zero-order chi connectivity index (χ0) is 16.2. The quantitative estimate of drug-likeness (QED) is 0.806. The molecule has 1 fully saturated rings. The number of aromatic nitrogens is 2. The normalized spacial score (nSPS) is 14.4. The Bertz CT molecular complexity index is 745. The first-order chi connectivity index (χ1) is 11.2. The Kier molecular flexibility index (Phi) is 4.20. The standard InChI is InChI=1S/C17H17N5O/c1-13(23)14-4-5-15(12-18)16(11-14)21-7-9-22(10-8-21)17-3-2-6-19-20-17/h2-6,11H,7-10H2,1H3. The van der Waals surface area contributed by atoms with Crippen molar-refractivity contribution >= 4 is 17.3 Å². The van der Waals surface area contributed by atoms with E-state index in [9.17, 15) is 10.1 Å². The van der Waals surface area contributed by atoms with E-state index >= 15 is 0 Å². The maximum Gasteiger partial charge on any atom is 0.159 e. The SMILES string of the molecule is CC(=O)c1ccc(C#N)c(N2CCN(c3cccnn3)CC2)c1. The van der Waals surface area contributed by atoms with Gasteiger partial charge in [0, 0.05) is 37.9 Å². The second-order valence-corrected chi connectivity index (χ2v) is 5.46. The summed E-state index contributed by atoms with van der Waals surface area (Å²) in [5, 5.41) is 17.4. The van der Waals surface area contributed by atoms with E-state index in [4.69, 9.17) is 0 Å². The molecule has 2 aromatic rings. The van der Waals surface area contributed by atoms with Crippen LogP contribution in [-0.2, 0) is 0 Å². The van der Waals surface area contributed by atoms with E-state index in [-0.39, 0.29) is 5.78 Å². The van der Waals surface area contributed by atoms with E-state index in [1.807, 2.05) is 18.2 Å². The second-order valence-electron chi connectivity index (χ2n) is 5.46. The fourth-order valence-electron chi connectivity index (χ4n) is 2.75. The Morgan fingerprint density at radius 3 is 2.52 bits per heavy atom. The summed E-state index contributed by atoms with van der Waals surface area (Å²) in [6.07, 6.45) is 1.66. The zero-order valence-electron chi connectivity index (χ0n) is 12.9. The van der Waals surface area contributed by atoms with Crippen molar-refractivity contribution in [3.63, 3.8) is 0 Å². The number of hydrogen-bond acceptors (Lipinski definition) is 6. The van der Waals surface area contributed by atoms with Gasteiger partial charge in [0.05, 0.1) is 11.3 Å². The van der Waals surface area contributed by atoms with Crippen molar-refractivity contribution in [1.29, 1.82) is 5.26 Å². The van der Waals surface area contributed by atoms with Crippen LogP contribution in [0.4, 0.5) is 11.5 Å². The highest BCUT2D eigenvalue weighted by atomic mass is 16.1. The molecule has 2 heterocycles. The molecule has 1 aliphatic rings. The van der Waals surface area contributed by atoms with E-state index < -0.39 is 0 Å². The Labute approximate surface area is 135 Å². The van der Waals surface area contributed by atoms with Crippen LogP contribution >= 0.6 is 0 Å². The minimum absolute atomic E-state index is 0.00827. The Hall–Kier alpha value is -2.94. The van der Waals surface area contributed by atoms with Gasteiger partial charge in [-0.1, -0.05) is 0 Å². The number of nitriles is 1. The maximum atomic E-state index is 11.6. The fourth-order valence-corrected chi connectivity index (χ4v) is 2.75. The molecule has 0 atom stereocenters. The molecule has 6 nitrogen and oxygen atoms in total. The van der Waals surface area contributed by atoms with Crippen molar-refractivity contribution in [3.8, 4) is 6.07 Å². The molecule has 0 spiro atoms. The van der Waals surface area contributed by atoms with Crippen molar-refractivity contribution in [2.75, 3.05) is 36.0 Å². The Morgan fingerprint density at radius 2 is 1.91 bits per heavy atom. The van der Waals surface area contributed by atoms with Crippen LogP contribution in [0, 0.1) is 11.3 Å². The van der Waals surface area contributed by atoms with Crippen LogP contribution in [0.25, 0.3) is 0 Å². The average Bonchev–Trinajstić information content (AvgIpc) is 2.62. The number of rotatable bonds is 3. The highest BCUT2D eigenvalue weighted by Crippen LogP contribution is 2.24. The van der Waals surface area contributed by atoms with Crippen LogP contribution < -0.4 is 9.80 Å². The lowest BCUT2D eigenvalue weighted by Crippen LogP contribution is -2.47. The minimum atomic E-state index is 0.00827. The summed E-state index contributed by atoms with van der Waals surface area (Å²) in [4.78, 5) is 15.9. The number of benzene rings is 1. The molecule has 3 rings (SSSR count). The van der Waals surface area contributed by atoms with E-state index in [2.05, 4.69) is 26.1 Å². The van der Waals surface area contributed by atoms with Gasteiger partial charge >= 0.3 is 0 Å². The molecule has 1 aromatic carbocycles. The number of hydrogen-bond donors (Lipinski definition) is 0. The van der Waals surface area contributed by atoms with Gasteiger partial charge in [-0.3, -0.25) is 4.79 Å². The first-order valence-corrected chi connectivity index (χ1v) is 7.52. The van der Waals surface area contributed by atoms with Gasteiger partial charge in [0.25, 0.3) is 0 Å². The van der Waals surface area contributed by atoms with Gasteiger partial charge in [-0.2, -0.15) is 10.4 Å². The molecule has 0 bridgehead atoms. The smallest absolute Gasteiger partial charge is 0.159 e. The summed E-state index contributed by atoms with van der Waals surface area (Å²) in [5.41, 5.74) is 2.07. The molecule has 0 N–H and O–H groups in total. The van der Waals surface area contributed by atoms with E-state index in [0.717, 1.165) is 37.7 Å². The fraction of sp³-hybridized carbons (Fsp3) is 0.294. The minimum Gasteiger partial charge on any atom is -0.367 e. The lowest BCUT2D eigenvalue weighted by Gasteiger charge is -2.36. The molecule has 6 heteroatoms. The van der Waals surface area contributed by atoms with Crippen LogP contribution in [0.3, 0.4) is 0 Å². The zero-order valence-corrected chi connectivity index (χ0v) is 12.9. The van der Waals surface area contributed by atoms with Crippen LogP contribution in [-0.4, -0.2) is 42.2 Å². The molecule has 1 saturated heterocycles. The second kappa shape index (κ2) is 6.44. The third-order valence-corrected chi connectivity index (χ3v) is 4.03. The molecule has 116 valence electrons. The monoisotopic (exact) mass is 307 g/mol. The number of carbonyl (C=O) groups excluding carboxylic acids is 1. The maximum absolute atomic E-state index is 11.6. The van der Waals surface area contributed by atoms with E-state index in [1.165, 1.54) is 6.92 Å². The molecular formula is C17H17N5O. The highest BCUT2D eigenvalue weighted by molar-refractivity contribution is 5.95. The number of ketones is 1. The summed E-state index contributed by atoms with van der Waals surface area (Å²) < 4.78 is 0. The molecular weight excluding hydrogens is 290 g/mol. The first-order valence-electron chi connectivity index (χ1n) is 7.52. The van der Waals surface area contributed by atoms with Crippen LogP contribution in [0.5, 0.6) is 0 Å². The molecule has 0 radical (unpaired) electrons. The lowest BCUT2D eigenvalue weighted by atomic mass is 10.1. The molecule has 0 saturated carbocycles. The molecule has 0 aliphatic carbocycles. The molecule has 1 aromatic heterocycles. The van der Waals surface area contributed by atoms with Crippen molar-refractivity contribution in [2.24, 2.45) is 0 Å². The third-order valence-electron chi connectivity index (χ3n) is 4.03. The molecule has 0 amide bonds. The Balaban J connectivity index is 1.78. The number of anilines is 2. The highest BCUT2D eigenvalue weighted by Gasteiger charge is 2.21. The molecule has 1 aliphatic heterocycles. The van der Waals surface area contributed by atoms with Crippen LogP contribution in [0.15, 0.2) is 36.5 Å². The number of nitrogens with zero attached hydrogens (tertiary/aromatic N) is 5. The average molecular weight is 307 g/mol. The summed E-state index contributed by atoms with van der Waals surface area (Å²) in [6, 6.07) is 11.3. The van der Waals surface area contributed by atoms with Crippen molar-refractivity contribution in [2.45, 2.75) is 6.92 Å². The topological polar surface area (TPSA) is 73.1 Å². The summed E-state index contributed by atoms with van der Waals surface area (Å²) in [7, 11) is 0. The largest absolute Gasteiger partial charge is 0.367 e. The first kappa shape index (κ1) is 15.0. The van der Waals surface area contributed by atoms with Crippen LogP contribution in [0.2, 0.25) is 0 Å². The third kappa shape index (κ3) is 3.14. The van der Waals surface area contributed by atoms with Crippen molar-refractivity contribution < 1.29 is 4.79 Å².